The molecule has 0 bridgehead atoms. The summed E-state index contributed by atoms with van der Waals surface area (Å²) in [6.45, 7) is 4.61. The van der Waals surface area contributed by atoms with Crippen LogP contribution in [0.15, 0.2) is 60.7 Å². The van der Waals surface area contributed by atoms with Crippen LogP contribution in [0.25, 0.3) is 0 Å². The van der Waals surface area contributed by atoms with Crippen molar-refractivity contribution in [2.24, 2.45) is 0 Å². The lowest BCUT2D eigenvalue weighted by Crippen LogP contribution is -2.35. The summed E-state index contributed by atoms with van der Waals surface area (Å²) in [6, 6.07) is 20.1. The summed E-state index contributed by atoms with van der Waals surface area (Å²) >= 11 is 0. The minimum Gasteiger partial charge on any atom is -0.337 e. The Kier molecular flexibility index (Phi) is 4.86. The van der Waals surface area contributed by atoms with E-state index in [0.717, 1.165) is 44.7 Å². The molecule has 1 amide bonds. The van der Waals surface area contributed by atoms with Crippen LogP contribution in [0, 0.1) is 0 Å². The minimum atomic E-state index is 0.155. The molecule has 2 aromatic carbocycles. The second-order valence-corrected chi connectivity index (χ2v) is 5.77. The average Bonchev–Trinajstić information content (AvgIpc) is 2.82. The molecule has 0 radical (unpaired) electrons. The van der Waals surface area contributed by atoms with Gasteiger partial charge in [0.05, 0.1) is 0 Å². The van der Waals surface area contributed by atoms with Crippen molar-refractivity contribution < 1.29 is 4.79 Å². The van der Waals surface area contributed by atoms with Crippen LogP contribution in [0.1, 0.15) is 22.3 Å². The molecule has 0 spiro atoms. The number of hydrogen-bond donors (Lipinski definition) is 0. The molecule has 1 aliphatic heterocycles. The zero-order valence-corrected chi connectivity index (χ0v) is 12.8. The minimum absolute atomic E-state index is 0.155. The molecule has 1 aliphatic rings. The predicted octanol–water partition coefficient (Wildman–Crippen LogP) is 3.03. The van der Waals surface area contributed by atoms with Gasteiger partial charge in [0.1, 0.15) is 0 Å². The maximum Gasteiger partial charge on any atom is 0.253 e. The van der Waals surface area contributed by atoms with E-state index in [1.807, 2.05) is 41.3 Å². The van der Waals surface area contributed by atoms with Gasteiger partial charge >= 0.3 is 0 Å². The number of benzene rings is 2. The fraction of sp³-hybridized carbons (Fsp3) is 0.316. The molecule has 1 saturated heterocycles. The molecular formula is C19H22N2O. The van der Waals surface area contributed by atoms with Gasteiger partial charge in [-0.3, -0.25) is 9.69 Å². The number of amides is 1. The normalized spacial score (nSPS) is 16.3. The SMILES string of the molecule is O=C(c1ccccc1)N1CCCN(Cc2ccccc2)CC1. The van der Waals surface area contributed by atoms with Crippen molar-refractivity contribution in [2.45, 2.75) is 13.0 Å². The molecule has 114 valence electrons. The second-order valence-electron chi connectivity index (χ2n) is 5.77. The van der Waals surface area contributed by atoms with Crippen LogP contribution in [-0.4, -0.2) is 41.9 Å². The standard InChI is InChI=1S/C19H22N2O/c22-19(18-10-5-2-6-11-18)21-13-7-12-20(14-15-21)16-17-8-3-1-4-9-17/h1-6,8-11H,7,12-16H2. The Morgan fingerprint density at radius 2 is 1.50 bits per heavy atom. The van der Waals surface area contributed by atoms with Crippen LogP contribution in [0.2, 0.25) is 0 Å². The van der Waals surface area contributed by atoms with E-state index in [1.165, 1.54) is 5.56 Å². The average molecular weight is 294 g/mol. The Hall–Kier alpha value is -2.13. The van der Waals surface area contributed by atoms with Crippen molar-refractivity contribution in [3.8, 4) is 0 Å². The van der Waals surface area contributed by atoms with Crippen LogP contribution in [-0.2, 0) is 6.54 Å². The van der Waals surface area contributed by atoms with Gasteiger partial charge in [0.25, 0.3) is 5.91 Å². The fourth-order valence-corrected chi connectivity index (χ4v) is 2.94. The molecule has 0 aromatic heterocycles. The molecule has 0 saturated carbocycles. The summed E-state index contributed by atoms with van der Waals surface area (Å²) in [5.41, 5.74) is 2.13. The van der Waals surface area contributed by atoms with Gasteiger partial charge in [0.15, 0.2) is 0 Å². The van der Waals surface area contributed by atoms with E-state index in [2.05, 4.69) is 29.2 Å². The summed E-state index contributed by atoms with van der Waals surface area (Å²) in [5, 5.41) is 0. The molecule has 0 N–H and O–H groups in total. The quantitative estimate of drug-likeness (QED) is 0.868. The molecule has 3 rings (SSSR count). The van der Waals surface area contributed by atoms with Gasteiger partial charge in [0.2, 0.25) is 0 Å². The van der Waals surface area contributed by atoms with Crippen LogP contribution in [0.3, 0.4) is 0 Å². The van der Waals surface area contributed by atoms with Gasteiger partial charge in [-0.1, -0.05) is 48.5 Å². The summed E-state index contributed by atoms with van der Waals surface area (Å²) < 4.78 is 0. The van der Waals surface area contributed by atoms with E-state index in [1.54, 1.807) is 0 Å². The summed E-state index contributed by atoms with van der Waals surface area (Å²) in [6.07, 6.45) is 1.03. The zero-order chi connectivity index (χ0) is 15.2. The Balaban J connectivity index is 1.59. The van der Waals surface area contributed by atoms with E-state index >= 15 is 0 Å². The van der Waals surface area contributed by atoms with Crippen LogP contribution in [0.4, 0.5) is 0 Å². The molecule has 22 heavy (non-hydrogen) atoms. The van der Waals surface area contributed by atoms with E-state index in [9.17, 15) is 4.79 Å². The van der Waals surface area contributed by atoms with Gasteiger partial charge in [0, 0.05) is 38.3 Å². The maximum atomic E-state index is 12.5. The van der Waals surface area contributed by atoms with Gasteiger partial charge < -0.3 is 4.90 Å². The highest BCUT2D eigenvalue weighted by molar-refractivity contribution is 5.94. The number of nitrogens with zero attached hydrogens (tertiary/aromatic N) is 2. The van der Waals surface area contributed by atoms with Crippen LogP contribution < -0.4 is 0 Å². The Morgan fingerprint density at radius 3 is 2.23 bits per heavy atom. The van der Waals surface area contributed by atoms with Crippen molar-refractivity contribution in [1.29, 1.82) is 0 Å². The van der Waals surface area contributed by atoms with Crippen molar-refractivity contribution in [3.05, 3.63) is 71.8 Å². The number of rotatable bonds is 3. The first-order valence-electron chi connectivity index (χ1n) is 7.93. The van der Waals surface area contributed by atoms with E-state index in [4.69, 9.17) is 0 Å². The molecule has 2 aromatic rings. The van der Waals surface area contributed by atoms with Crippen molar-refractivity contribution >= 4 is 5.91 Å². The third-order valence-electron chi connectivity index (χ3n) is 4.15. The van der Waals surface area contributed by atoms with Crippen molar-refractivity contribution in [3.63, 3.8) is 0 Å². The molecule has 1 heterocycles. The van der Waals surface area contributed by atoms with E-state index in [-0.39, 0.29) is 5.91 Å². The highest BCUT2D eigenvalue weighted by atomic mass is 16.2. The lowest BCUT2D eigenvalue weighted by Gasteiger charge is -2.22. The maximum absolute atomic E-state index is 12.5. The molecule has 1 fully saturated rings. The van der Waals surface area contributed by atoms with Crippen LogP contribution in [0.5, 0.6) is 0 Å². The fourth-order valence-electron chi connectivity index (χ4n) is 2.94. The predicted molar refractivity (Wildman–Crippen MR) is 88.7 cm³/mol. The first-order valence-corrected chi connectivity index (χ1v) is 7.93. The van der Waals surface area contributed by atoms with Gasteiger partial charge in [-0.05, 0) is 24.1 Å². The van der Waals surface area contributed by atoms with E-state index < -0.39 is 0 Å². The van der Waals surface area contributed by atoms with E-state index in [0.29, 0.717) is 0 Å². The Morgan fingerprint density at radius 1 is 0.818 bits per heavy atom. The third kappa shape index (κ3) is 3.74. The van der Waals surface area contributed by atoms with Gasteiger partial charge in [-0.25, -0.2) is 0 Å². The lowest BCUT2D eigenvalue weighted by molar-refractivity contribution is 0.0761. The Labute approximate surface area is 132 Å². The van der Waals surface area contributed by atoms with Gasteiger partial charge in [-0.2, -0.15) is 0 Å². The first-order chi connectivity index (χ1) is 10.8. The number of hydrogen-bond acceptors (Lipinski definition) is 2. The van der Waals surface area contributed by atoms with Crippen molar-refractivity contribution in [1.82, 2.24) is 9.80 Å². The third-order valence-corrected chi connectivity index (χ3v) is 4.15. The zero-order valence-electron chi connectivity index (χ0n) is 12.8. The van der Waals surface area contributed by atoms with Gasteiger partial charge in [-0.15, -0.1) is 0 Å². The summed E-state index contributed by atoms with van der Waals surface area (Å²) in [5.74, 6) is 0.155. The lowest BCUT2D eigenvalue weighted by atomic mass is 10.2. The number of carbonyl (C=O) groups excluding carboxylic acids is 1. The summed E-state index contributed by atoms with van der Waals surface area (Å²) in [7, 11) is 0. The molecule has 0 aliphatic carbocycles. The molecule has 0 unspecified atom stereocenters. The Bertz CT molecular complexity index is 597. The highest BCUT2D eigenvalue weighted by Crippen LogP contribution is 2.11. The smallest absolute Gasteiger partial charge is 0.253 e. The topological polar surface area (TPSA) is 23.6 Å². The molecule has 3 nitrogen and oxygen atoms in total. The largest absolute Gasteiger partial charge is 0.337 e. The second kappa shape index (κ2) is 7.23. The first kappa shape index (κ1) is 14.8. The molecular weight excluding hydrogens is 272 g/mol. The van der Waals surface area contributed by atoms with Crippen LogP contribution >= 0.6 is 0 Å². The number of carbonyl (C=O) groups is 1. The van der Waals surface area contributed by atoms with Crippen molar-refractivity contribution in [2.75, 3.05) is 26.2 Å². The molecule has 0 atom stereocenters. The monoisotopic (exact) mass is 294 g/mol. The molecule has 3 heteroatoms. The highest BCUT2D eigenvalue weighted by Gasteiger charge is 2.20. The summed E-state index contributed by atoms with van der Waals surface area (Å²) in [4.78, 5) is 16.9.